The molecule has 5 heteroatoms. The maximum atomic E-state index is 12.5. The summed E-state index contributed by atoms with van der Waals surface area (Å²) in [5.74, 6) is 0.580. The second-order valence-electron chi connectivity index (χ2n) is 6.20. The van der Waals surface area contributed by atoms with Gasteiger partial charge in [-0.15, -0.1) is 0 Å². The first-order valence-electron chi connectivity index (χ1n) is 8.35. The van der Waals surface area contributed by atoms with Crippen molar-refractivity contribution in [2.75, 3.05) is 6.54 Å². The summed E-state index contributed by atoms with van der Waals surface area (Å²) in [6, 6.07) is 14.1. The normalized spacial score (nSPS) is 16.6. The molecule has 2 heterocycles. The maximum absolute atomic E-state index is 12.5. The van der Waals surface area contributed by atoms with E-state index in [9.17, 15) is 4.79 Å². The fraction of sp³-hybridized carbons (Fsp3) is 0.368. The van der Waals surface area contributed by atoms with Crippen LogP contribution in [-0.4, -0.2) is 28.6 Å². The van der Waals surface area contributed by atoms with E-state index < -0.39 is 0 Å². The number of carbonyl (C=O) groups excluding carboxylic acids is 1. The van der Waals surface area contributed by atoms with Gasteiger partial charge in [-0.3, -0.25) is 0 Å². The van der Waals surface area contributed by atoms with E-state index in [1.807, 2.05) is 49.1 Å². The first kappa shape index (κ1) is 16.3. The molecule has 5 nitrogen and oxygen atoms in total. The zero-order valence-electron chi connectivity index (χ0n) is 14.1. The molecule has 0 bridgehead atoms. The lowest BCUT2D eigenvalue weighted by atomic mass is 9.95. The fourth-order valence-electron chi connectivity index (χ4n) is 2.81. The number of pyridine rings is 1. The highest BCUT2D eigenvalue weighted by Crippen LogP contribution is 2.32. The molecular weight excluding hydrogens is 302 g/mol. The smallest absolute Gasteiger partial charge is 0.318 e. The monoisotopic (exact) mass is 325 g/mol. The molecule has 1 fully saturated rings. The zero-order valence-corrected chi connectivity index (χ0v) is 14.1. The molecule has 0 unspecified atom stereocenters. The first-order chi connectivity index (χ1) is 11.6. The highest BCUT2D eigenvalue weighted by atomic mass is 16.5. The van der Waals surface area contributed by atoms with E-state index in [1.54, 1.807) is 6.20 Å². The van der Waals surface area contributed by atoms with E-state index in [2.05, 4.69) is 22.4 Å². The maximum Gasteiger partial charge on any atom is 0.318 e. The number of carbonyl (C=O) groups is 1. The van der Waals surface area contributed by atoms with E-state index in [1.165, 1.54) is 5.56 Å². The third kappa shape index (κ3) is 3.67. The van der Waals surface area contributed by atoms with Crippen molar-refractivity contribution in [3.05, 3.63) is 59.8 Å². The van der Waals surface area contributed by atoms with Gasteiger partial charge in [0.1, 0.15) is 0 Å². The lowest BCUT2D eigenvalue weighted by molar-refractivity contribution is 0.115. The Kier molecular flexibility index (Phi) is 4.99. The molecule has 1 aromatic heterocycles. The predicted molar refractivity (Wildman–Crippen MR) is 92.7 cm³/mol. The van der Waals surface area contributed by atoms with E-state index in [4.69, 9.17) is 4.74 Å². The molecule has 0 radical (unpaired) electrons. The van der Waals surface area contributed by atoms with Gasteiger partial charge in [-0.1, -0.05) is 36.4 Å². The molecule has 126 valence electrons. The highest BCUT2D eigenvalue weighted by Gasteiger charge is 2.33. The van der Waals surface area contributed by atoms with Gasteiger partial charge in [0.05, 0.1) is 12.1 Å². The predicted octanol–water partition coefficient (Wildman–Crippen LogP) is 3.53. The second-order valence-corrected chi connectivity index (χ2v) is 6.20. The number of hydrogen-bond acceptors (Lipinski definition) is 3. The summed E-state index contributed by atoms with van der Waals surface area (Å²) >= 11 is 0. The Hall–Kier alpha value is -2.56. The van der Waals surface area contributed by atoms with Crippen LogP contribution >= 0.6 is 0 Å². The summed E-state index contributed by atoms with van der Waals surface area (Å²) in [7, 11) is 0. The summed E-state index contributed by atoms with van der Waals surface area (Å²) in [4.78, 5) is 18.6. The summed E-state index contributed by atoms with van der Waals surface area (Å²) in [6.07, 6.45) is 2.75. The molecule has 0 saturated carbocycles. The molecule has 2 aromatic rings. The topological polar surface area (TPSA) is 54.5 Å². The van der Waals surface area contributed by atoms with Gasteiger partial charge in [-0.25, -0.2) is 9.78 Å². The van der Waals surface area contributed by atoms with Crippen LogP contribution in [0.3, 0.4) is 0 Å². The summed E-state index contributed by atoms with van der Waals surface area (Å²) < 4.78 is 5.69. The number of ether oxygens (including phenoxy) is 1. The van der Waals surface area contributed by atoms with Crippen LogP contribution in [0.1, 0.15) is 37.4 Å². The first-order valence-corrected chi connectivity index (χ1v) is 8.35. The number of nitrogens with zero attached hydrogens (tertiary/aromatic N) is 2. The number of likely N-dealkylation sites (tertiary alicyclic amines) is 1. The Morgan fingerprint density at radius 3 is 2.75 bits per heavy atom. The summed E-state index contributed by atoms with van der Waals surface area (Å²) in [6.45, 7) is 5.11. The van der Waals surface area contributed by atoms with Crippen LogP contribution in [0.4, 0.5) is 4.79 Å². The molecule has 0 aliphatic carbocycles. The standard InChI is InChI=1S/C19H23N3O2/c1-14(2)24-18-16(9-6-11-20-18)13-21-19(23)22-12-10-17(22)15-7-4-3-5-8-15/h3-9,11,14,17H,10,12-13H2,1-2H3,(H,21,23)/t17-/m0/s1. The van der Waals surface area contributed by atoms with Gasteiger partial charge in [0.2, 0.25) is 5.88 Å². The van der Waals surface area contributed by atoms with Crippen LogP contribution in [0, 0.1) is 0 Å². The number of benzene rings is 1. The van der Waals surface area contributed by atoms with Crippen molar-refractivity contribution in [1.82, 2.24) is 15.2 Å². The van der Waals surface area contributed by atoms with E-state index >= 15 is 0 Å². The lowest BCUT2D eigenvalue weighted by Crippen LogP contribution is -2.49. The fourth-order valence-corrected chi connectivity index (χ4v) is 2.81. The highest BCUT2D eigenvalue weighted by molar-refractivity contribution is 5.75. The van der Waals surface area contributed by atoms with Crippen LogP contribution < -0.4 is 10.1 Å². The Morgan fingerprint density at radius 2 is 2.08 bits per heavy atom. The van der Waals surface area contributed by atoms with Gasteiger partial charge in [0.15, 0.2) is 0 Å². The SMILES string of the molecule is CC(C)Oc1ncccc1CNC(=O)N1CC[C@H]1c1ccccc1. The largest absolute Gasteiger partial charge is 0.475 e. The molecule has 1 N–H and O–H groups in total. The number of urea groups is 1. The van der Waals surface area contributed by atoms with Crippen molar-refractivity contribution < 1.29 is 9.53 Å². The van der Waals surface area contributed by atoms with Gasteiger partial charge in [0, 0.05) is 24.8 Å². The number of nitrogens with one attached hydrogen (secondary N) is 1. The molecule has 1 saturated heterocycles. The Bertz CT molecular complexity index is 688. The minimum Gasteiger partial charge on any atom is -0.475 e. The summed E-state index contributed by atoms with van der Waals surface area (Å²) in [5, 5.41) is 2.98. The molecule has 3 rings (SSSR count). The third-order valence-electron chi connectivity index (χ3n) is 4.09. The Balaban J connectivity index is 1.60. The van der Waals surface area contributed by atoms with Crippen molar-refractivity contribution in [2.45, 2.75) is 39.0 Å². The van der Waals surface area contributed by atoms with Crippen LogP contribution in [0.2, 0.25) is 0 Å². The quantitative estimate of drug-likeness (QED) is 0.915. The molecule has 0 spiro atoms. The molecule has 2 amide bonds. The molecule has 1 aliphatic rings. The Morgan fingerprint density at radius 1 is 1.29 bits per heavy atom. The molecule has 24 heavy (non-hydrogen) atoms. The van der Waals surface area contributed by atoms with E-state index in [-0.39, 0.29) is 18.2 Å². The van der Waals surface area contributed by atoms with Gasteiger partial charge in [0.25, 0.3) is 0 Å². The molecule has 1 atom stereocenters. The van der Waals surface area contributed by atoms with Crippen molar-refractivity contribution in [3.8, 4) is 5.88 Å². The van der Waals surface area contributed by atoms with Gasteiger partial charge in [-0.05, 0) is 31.9 Å². The van der Waals surface area contributed by atoms with Crippen molar-refractivity contribution >= 4 is 6.03 Å². The van der Waals surface area contributed by atoms with Crippen LogP contribution in [0.5, 0.6) is 5.88 Å². The number of hydrogen-bond donors (Lipinski definition) is 1. The number of aromatic nitrogens is 1. The second kappa shape index (κ2) is 7.34. The number of rotatable bonds is 5. The summed E-state index contributed by atoms with van der Waals surface area (Å²) in [5.41, 5.74) is 2.07. The van der Waals surface area contributed by atoms with Crippen molar-refractivity contribution in [2.24, 2.45) is 0 Å². The Labute approximate surface area is 142 Å². The number of amides is 2. The minimum absolute atomic E-state index is 0.0468. The van der Waals surface area contributed by atoms with E-state index in [0.717, 1.165) is 18.5 Å². The minimum atomic E-state index is -0.0468. The van der Waals surface area contributed by atoms with Crippen LogP contribution in [0.25, 0.3) is 0 Å². The van der Waals surface area contributed by atoms with Gasteiger partial charge >= 0.3 is 6.03 Å². The average molecular weight is 325 g/mol. The van der Waals surface area contributed by atoms with Gasteiger partial charge < -0.3 is 15.0 Å². The molecular formula is C19H23N3O2. The van der Waals surface area contributed by atoms with Crippen LogP contribution in [0.15, 0.2) is 48.7 Å². The van der Waals surface area contributed by atoms with Crippen molar-refractivity contribution in [3.63, 3.8) is 0 Å². The van der Waals surface area contributed by atoms with Gasteiger partial charge in [-0.2, -0.15) is 0 Å². The zero-order chi connectivity index (χ0) is 16.9. The molecule has 1 aliphatic heterocycles. The average Bonchev–Trinajstić information content (AvgIpc) is 2.53. The molecule has 1 aromatic carbocycles. The lowest BCUT2D eigenvalue weighted by Gasteiger charge is -2.41. The van der Waals surface area contributed by atoms with E-state index in [0.29, 0.717) is 12.4 Å². The van der Waals surface area contributed by atoms with Crippen LogP contribution in [-0.2, 0) is 6.54 Å². The van der Waals surface area contributed by atoms with Crippen molar-refractivity contribution in [1.29, 1.82) is 0 Å². The third-order valence-corrected chi connectivity index (χ3v) is 4.09.